The monoisotopic (exact) mass is 276 g/mol. The Kier molecular flexibility index (Phi) is 4.27. The van der Waals surface area contributed by atoms with Crippen LogP contribution < -0.4 is 4.74 Å². The molecule has 15 heavy (non-hydrogen) atoms. The third-order valence-electron chi connectivity index (χ3n) is 1.89. The van der Waals surface area contributed by atoms with Crippen LogP contribution in [0.15, 0.2) is 28.8 Å². The van der Waals surface area contributed by atoms with E-state index in [1.54, 1.807) is 0 Å². The highest BCUT2D eigenvalue weighted by Crippen LogP contribution is 2.25. The molecule has 1 nitrogen and oxygen atoms in total. The van der Waals surface area contributed by atoms with Crippen LogP contribution >= 0.6 is 15.9 Å². The fraction of sp³-hybridized carbons (Fsp3) is 0.273. The number of hydrogen-bond donors (Lipinski definition) is 0. The Bertz CT molecular complexity index is 377. The second-order valence-corrected chi connectivity index (χ2v) is 4.01. The van der Waals surface area contributed by atoms with Crippen molar-refractivity contribution < 1.29 is 13.5 Å². The Hall–Kier alpha value is -0.900. The zero-order chi connectivity index (χ0) is 11.4. The molecule has 1 aromatic carbocycles. The van der Waals surface area contributed by atoms with Gasteiger partial charge in [-0.15, -0.1) is 0 Å². The summed E-state index contributed by atoms with van der Waals surface area (Å²) < 4.78 is 31.7. The molecule has 0 saturated carbocycles. The number of hydrogen-bond acceptors (Lipinski definition) is 1. The zero-order valence-corrected chi connectivity index (χ0v) is 9.90. The predicted octanol–water partition coefficient (Wildman–Crippen LogP) is 4.07. The maximum absolute atomic E-state index is 13.2. The van der Waals surface area contributed by atoms with E-state index < -0.39 is 11.6 Å². The van der Waals surface area contributed by atoms with Gasteiger partial charge in [0.15, 0.2) is 11.6 Å². The molecule has 0 radical (unpaired) electrons. The summed E-state index contributed by atoms with van der Waals surface area (Å²) in [6.07, 6.45) is 0.748. The molecule has 0 saturated heterocycles. The van der Waals surface area contributed by atoms with Crippen molar-refractivity contribution in [3.63, 3.8) is 0 Å². The summed E-state index contributed by atoms with van der Waals surface area (Å²) in [6.45, 7) is 5.83. The van der Waals surface area contributed by atoms with Gasteiger partial charge in [-0.25, -0.2) is 4.39 Å². The van der Waals surface area contributed by atoms with Crippen LogP contribution in [0.1, 0.15) is 13.3 Å². The van der Waals surface area contributed by atoms with E-state index in [4.69, 9.17) is 4.74 Å². The molecule has 0 amide bonds. The molecule has 0 bridgehead atoms. The van der Waals surface area contributed by atoms with Gasteiger partial charge in [0.1, 0.15) is 6.61 Å². The Balaban J connectivity index is 2.81. The predicted molar refractivity (Wildman–Crippen MR) is 59.0 cm³/mol. The minimum absolute atomic E-state index is 0.100. The number of benzene rings is 1. The SMILES string of the molecule is C=C(CC)COc1cc(Br)cc(F)c1F. The highest BCUT2D eigenvalue weighted by atomic mass is 79.9. The van der Waals surface area contributed by atoms with Gasteiger partial charge in [-0.3, -0.25) is 0 Å². The van der Waals surface area contributed by atoms with Gasteiger partial charge in [-0.05, 0) is 24.1 Å². The second kappa shape index (κ2) is 5.26. The van der Waals surface area contributed by atoms with E-state index in [-0.39, 0.29) is 12.4 Å². The topological polar surface area (TPSA) is 9.23 Å². The second-order valence-electron chi connectivity index (χ2n) is 3.09. The van der Waals surface area contributed by atoms with Crippen LogP contribution in [0.4, 0.5) is 8.78 Å². The van der Waals surface area contributed by atoms with E-state index in [1.807, 2.05) is 6.92 Å². The van der Waals surface area contributed by atoms with Crippen LogP contribution in [0, 0.1) is 11.6 Å². The summed E-state index contributed by atoms with van der Waals surface area (Å²) in [5.41, 5.74) is 0.829. The molecule has 0 heterocycles. The molecule has 4 heteroatoms. The molecular formula is C11H11BrF2O. The van der Waals surface area contributed by atoms with E-state index in [2.05, 4.69) is 22.5 Å². The van der Waals surface area contributed by atoms with Crippen molar-refractivity contribution in [2.45, 2.75) is 13.3 Å². The molecule has 0 atom stereocenters. The van der Waals surface area contributed by atoms with Gasteiger partial charge < -0.3 is 4.74 Å². The molecule has 82 valence electrons. The summed E-state index contributed by atoms with van der Waals surface area (Å²) in [5.74, 6) is -2.00. The quantitative estimate of drug-likeness (QED) is 0.595. The maximum atomic E-state index is 13.2. The molecule has 0 unspecified atom stereocenters. The lowest BCUT2D eigenvalue weighted by atomic mass is 10.2. The van der Waals surface area contributed by atoms with Gasteiger partial charge in [0.25, 0.3) is 0 Å². The van der Waals surface area contributed by atoms with Crippen molar-refractivity contribution >= 4 is 15.9 Å². The third-order valence-corrected chi connectivity index (χ3v) is 2.35. The maximum Gasteiger partial charge on any atom is 0.200 e. The summed E-state index contributed by atoms with van der Waals surface area (Å²) in [4.78, 5) is 0. The van der Waals surface area contributed by atoms with E-state index in [9.17, 15) is 8.78 Å². The number of halogens is 3. The van der Waals surface area contributed by atoms with E-state index >= 15 is 0 Å². The van der Waals surface area contributed by atoms with Gasteiger partial charge in [-0.2, -0.15) is 4.39 Å². The number of ether oxygens (including phenoxy) is 1. The van der Waals surface area contributed by atoms with Gasteiger partial charge >= 0.3 is 0 Å². The van der Waals surface area contributed by atoms with Crippen molar-refractivity contribution in [2.75, 3.05) is 6.61 Å². The first-order valence-electron chi connectivity index (χ1n) is 4.48. The fourth-order valence-electron chi connectivity index (χ4n) is 0.919. The molecule has 0 N–H and O–H groups in total. The molecule has 0 aromatic heterocycles. The van der Waals surface area contributed by atoms with Gasteiger partial charge in [0.05, 0.1) is 0 Å². The Morgan fingerprint density at radius 1 is 1.47 bits per heavy atom. The minimum Gasteiger partial charge on any atom is -0.486 e. The molecule has 0 fully saturated rings. The van der Waals surface area contributed by atoms with Crippen LogP contribution in [0.3, 0.4) is 0 Å². The zero-order valence-electron chi connectivity index (χ0n) is 8.32. The largest absolute Gasteiger partial charge is 0.486 e. The average Bonchev–Trinajstić information content (AvgIpc) is 2.20. The van der Waals surface area contributed by atoms with Crippen molar-refractivity contribution in [1.82, 2.24) is 0 Å². The Morgan fingerprint density at radius 3 is 2.73 bits per heavy atom. The molecule has 0 aliphatic rings. The normalized spacial score (nSPS) is 10.1. The Morgan fingerprint density at radius 2 is 2.13 bits per heavy atom. The van der Waals surface area contributed by atoms with E-state index in [0.717, 1.165) is 18.1 Å². The lowest BCUT2D eigenvalue weighted by Crippen LogP contribution is -2.02. The lowest BCUT2D eigenvalue weighted by Gasteiger charge is -2.08. The highest BCUT2D eigenvalue weighted by molar-refractivity contribution is 9.10. The van der Waals surface area contributed by atoms with Gasteiger partial charge in [0, 0.05) is 4.47 Å². The summed E-state index contributed by atoms with van der Waals surface area (Å²) in [7, 11) is 0. The van der Waals surface area contributed by atoms with Crippen LogP contribution in [0.25, 0.3) is 0 Å². The average molecular weight is 277 g/mol. The van der Waals surface area contributed by atoms with Crippen molar-refractivity contribution in [1.29, 1.82) is 0 Å². The smallest absolute Gasteiger partial charge is 0.200 e. The van der Waals surface area contributed by atoms with Gasteiger partial charge in [-0.1, -0.05) is 29.4 Å². The first kappa shape index (κ1) is 12.2. The minimum atomic E-state index is -0.970. The van der Waals surface area contributed by atoms with Crippen LogP contribution in [0.2, 0.25) is 0 Å². The van der Waals surface area contributed by atoms with Crippen molar-refractivity contribution in [3.05, 3.63) is 40.4 Å². The van der Waals surface area contributed by atoms with Crippen LogP contribution in [-0.2, 0) is 0 Å². The Labute approximate surface area is 95.9 Å². The first-order chi connectivity index (χ1) is 7.04. The van der Waals surface area contributed by atoms with Gasteiger partial charge in [0.2, 0.25) is 5.82 Å². The van der Waals surface area contributed by atoms with Crippen LogP contribution in [0.5, 0.6) is 5.75 Å². The van der Waals surface area contributed by atoms with E-state index in [1.165, 1.54) is 6.07 Å². The van der Waals surface area contributed by atoms with Crippen molar-refractivity contribution in [2.24, 2.45) is 0 Å². The standard InChI is InChI=1S/C11H11BrF2O/c1-3-7(2)6-15-10-5-8(12)4-9(13)11(10)14/h4-5H,2-3,6H2,1H3. The summed E-state index contributed by atoms with van der Waals surface area (Å²) >= 11 is 3.06. The summed E-state index contributed by atoms with van der Waals surface area (Å²) in [6, 6.07) is 2.44. The molecule has 1 rings (SSSR count). The first-order valence-corrected chi connectivity index (χ1v) is 5.28. The molecule has 0 aliphatic heterocycles. The molecule has 0 aliphatic carbocycles. The molecule has 1 aromatic rings. The summed E-state index contributed by atoms with van der Waals surface area (Å²) in [5, 5.41) is 0. The van der Waals surface area contributed by atoms with Crippen molar-refractivity contribution in [3.8, 4) is 5.75 Å². The fourth-order valence-corrected chi connectivity index (χ4v) is 1.33. The highest BCUT2D eigenvalue weighted by Gasteiger charge is 2.11. The van der Waals surface area contributed by atoms with E-state index in [0.29, 0.717) is 4.47 Å². The number of rotatable bonds is 4. The van der Waals surface area contributed by atoms with Crippen LogP contribution in [-0.4, -0.2) is 6.61 Å². The lowest BCUT2D eigenvalue weighted by molar-refractivity contribution is 0.321. The third kappa shape index (κ3) is 3.30. The molecular weight excluding hydrogens is 266 g/mol. The molecule has 0 spiro atoms.